The Bertz CT molecular complexity index is 1060. The van der Waals surface area contributed by atoms with Crippen molar-refractivity contribution in [2.75, 3.05) is 18.5 Å². The summed E-state index contributed by atoms with van der Waals surface area (Å²) < 4.78 is 11.8. The van der Waals surface area contributed by atoms with Crippen molar-refractivity contribution in [2.24, 2.45) is 7.05 Å². The molecule has 9 nitrogen and oxygen atoms in total. The smallest absolute Gasteiger partial charge is 0.344 e. The standard InChI is InChI=1S/C16H15Cl2N5O4/c1-3-26-12(24)7-27-11-5-8(4-10-13(11)23(2)16(25)21-10)20-14-9(17)6-19-15(18)22-14/h4-6H,3,7H2,1-2H3,(H,21,25)(H,19,20,22). The number of hydrogen-bond acceptors (Lipinski definition) is 7. The number of nitrogens with one attached hydrogen (secondary N) is 2. The number of carbonyl (C=O) groups is 1. The van der Waals surface area contributed by atoms with Crippen LogP contribution in [0.15, 0.2) is 23.1 Å². The Kier molecular flexibility index (Phi) is 5.52. The molecule has 3 rings (SSSR count). The Hall–Kier alpha value is -2.78. The van der Waals surface area contributed by atoms with Gasteiger partial charge < -0.3 is 19.8 Å². The molecule has 27 heavy (non-hydrogen) atoms. The Labute approximate surface area is 163 Å². The predicted molar refractivity (Wildman–Crippen MR) is 101 cm³/mol. The van der Waals surface area contributed by atoms with Crippen molar-refractivity contribution in [3.8, 4) is 5.75 Å². The molecular weight excluding hydrogens is 397 g/mol. The Morgan fingerprint density at radius 1 is 1.37 bits per heavy atom. The molecule has 0 spiro atoms. The number of fused-ring (bicyclic) bond motifs is 1. The summed E-state index contributed by atoms with van der Waals surface area (Å²) in [4.78, 5) is 34.1. The van der Waals surface area contributed by atoms with Gasteiger partial charge in [-0.2, -0.15) is 4.98 Å². The van der Waals surface area contributed by atoms with Gasteiger partial charge in [-0.15, -0.1) is 0 Å². The van der Waals surface area contributed by atoms with E-state index in [1.54, 1.807) is 26.1 Å². The molecule has 0 saturated heterocycles. The summed E-state index contributed by atoms with van der Waals surface area (Å²) in [5.41, 5.74) is 1.19. The first-order valence-corrected chi connectivity index (χ1v) is 8.61. The zero-order chi connectivity index (χ0) is 19.6. The van der Waals surface area contributed by atoms with Crippen molar-refractivity contribution >= 4 is 51.7 Å². The number of hydrogen-bond donors (Lipinski definition) is 2. The third-order valence-electron chi connectivity index (χ3n) is 3.58. The molecule has 2 aromatic heterocycles. The lowest BCUT2D eigenvalue weighted by Crippen LogP contribution is -2.16. The molecule has 0 unspecified atom stereocenters. The molecule has 0 saturated carbocycles. The summed E-state index contributed by atoms with van der Waals surface area (Å²) >= 11 is 11.9. The minimum absolute atomic E-state index is 0.0230. The molecule has 142 valence electrons. The van der Waals surface area contributed by atoms with E-state index in [0.717, 1.165) is 0 Å². The van der Waals surface area contributed by atoms with Crippen molar-refractivity contribution in [2.45, 2.75) is 6.92 Å². The summed E-state index contributed by atoms with van der Waals surface area (Å²) in [6.07, 6.45) is 1.36. The average molecular weight is 412 g/mol. The summed E-state index contributed by atoms with van der Waals surface area (Å²) in [5.74, 6) is 0.0704. The minimum atomic E-state index is -0.518. The van der Waals surface area contributed by atoms with Gasteiger partial charge in [-0.05, 0) is 24.6 Å². The van der Waals surface area contributed by atoms with E-state index in [-0.39, 0.29) is 35.0 Å². The molecule has 0 atom stereocenters. The Morgan fingerprint density at radius 3 is 2.89 bits per heavy atom. The summed E-state index contributed by atoms with van der Waals surface area (Å²) in [6.45, 7) is 1.65. The first-order chi connectivity index (χ1) is 12.9. The molecule has 0 bridgehead atoms. The van der Waals surface area contributed by atoms with E-state index in [1.165, 1.54) is 10.8 Å². The molecule has 11 heteroatoms. The highest BCUT2D eigenvalue weighted by Gasteiger charge is 2.15. The van der Waals surface area contributed by atoms with Crippen LogP contribution in [0.2, 0.25) is 10.3 Å². The van der Waals surface area contributed by atoms with Crippen molar-refractivity contribution in [1.82, 2.24) is 19.5 Å². The highest BCUT2D eigenvalue weighted by atomic mass is 35.5. The quantitative estimate of drug-likeness (QED) is 0.473. The topological polar surface area (TPSA) is 111 Å². The van der Waals surface area contributed by atoms with Crippen LogP contribution in [0.3, 0.4) is 0 Å². The largest absolute Gasteiger partial charge is 0.480 e. The van der Waals surface area contributed by atoms with Gasteiger partial charge in [0.1, 0.15) is 16.3 Å². The van der Waals surface area contributed by atoms with Crippen LogP contribution in [0.25, 0.3) is 11.0 Å². The first-order valence-electron chi connectivity index (χ1n) is 7.85. The molecule has 2 N–H and O–H groups in total. The van der Waals surface area contributed by atoms with Crippen LogP contribution in [0.1, 0.15) is 6.92 Å². The first kappa shape index (κ1) is 19.0. The summed E-state index contributed by atoms with van der Waals surface area (Å²) in [6, 6.07) is 3.29. The van der Waals surface area contributed by atoms with E-state index in [0.29, 0.717) is 22.5 Å². The molecular formula is C16H15Cl2N5O4. The normalized spacial score (nSPS) is 10.8. The van der Waals surface area contributed by atoms with E-state index < -0.39 is 5.97 Å². The maximum Gasteiger partial charge on any atom is 0.344 e. The second-order valence-corrected chi connectivity index (χ2v) is 6.16. The van der Waals surface area contributed by atoms with Crippen LogP contribution in [0.4, 0.5) is 11.5 Å². The maximum atomic E-state index is 12.0. The number of ether oxygens (including phenoxy) is 2. The summed E-state index contributed by atoms with van der Waals surface area (Å²) in [7, 11) is 1.59. The number of halogens is 2. The van der Waals surface area contributed by atoms with Crippen molar-refractivity contribution in [3.05, 3.63) is 39.1 Å². The number of aryl methyl sites for hydroxylation is 1. The van der Waals surface area contributed by atoms with Crippen molar-refractivity contribution in [1.29, 1.82) is 0 Å². The van der Waals surface area contributed by atoms with E-state index in [2.05, 4.69) is 20.3 Å². The average Bonchev–Trinajstić information content (AvgIpc) is 2.90. The number of aromatic nitrogens is 4. The molecule has 2 heterocycles. The lowest BCUT2D eigenvalue weighted by Gasteiger charge is -2.12. The minimum Gasteiger partial charge on any atom is -0.480 e. The fourth-order valence-corrected chi connectivity index (χ4v) is 2.71. The Morgan fingerprint density at radius 2 is 2.15 bits per heavy atom. The maximum absolute atomic E-state index is 12.0. The lowest BCUT2D eigenvalue weighted by molar-refractivity contribution is -0.145. The van der Waals surface area contributed by atoms with Crippen molar-refractivity contribution in [3.63, 3.8) is 0 Å². The fourth-order valence-electron chi connectivity index (χ4n) is 2.44. The molecule has 0 fully saturated rings. The SMILES string of the molecule is CCOC(=O)COc1cc(Nc2nc(Cl)ncc2Cl)cc2[nH]c(=O)n(C)c12. The molecule has 0 aliphatic carbocycles. The molecule has 1 aromatic carbocycles. The molecule has 0 aliphatic heterocycles. The van der Waals surface area contributed by atoms with Crippen LogP contribution >= 0.6 is 23.2 Å². The molecule has 0 amide bonds. The molecule has 3 aromatic rings. The zero-order valence-electron chi connectivity index (χ0n) is 14.4. The number of rotatable bonds is 6. The molecule has 0 radical (unpaired) electrons. The van der Waals surface area contributed by atoms with Crippen LogP contribution in [0, 0.1) is 0 Å². The predicted octanol–water partition coefficient (Wildman–Crippen LogP) is 2.65. The number of imidazole rings is 1. The number of aromatic amines is 1. The van der Waals surface area contributed by atoms with Gasteiger partial charge in [-0.25, -0.2) is 14.6 Å². The second-order valence-electron chi connectivity index (χ2n) is 5.41. The van der Waals surface area contributed by atoms with Crippen LogP contribution in [0.5, 0.6) is 5.75 Å². The fraction of sp³-hybridized carbons (Fsp3) is 0.250. The van der Waals surface area contributed by atoms with Crippen LogP contribution in [-0.2, 0) is 16.6 Å². The zero-order valence-corrected chi connectivity index (χ0v) is 15.9. The van der Waals surface area contributed by atoms with Crippen LogP contribution in [-0.4, -0.2) is 38.7 Å². The number of esters is 1. The molecule has 0 aliphatic rings. The van der Waals surface area contributed by atoms with Gasteiger partial charge in [-0.3, -0.25) is 4.57 Å². The van der Waals surface area contributed by atoms with Gasteiger partial charge in [0.25, 0.3) is 0 Å². The van der Waals surface area contributed by atoms with E-state index in [1.807, 2.05) is 0 Å². The van der Waals surface area contributed by atoms with Gasteiger partial charge in [0.15, 0.2) is 12.4 Å². The van der Waals surface area contributed by atoms with E-state index in [9.17, 15) is 9.59 Å². The second kappa shape index (κ2) is 7.85. The third kappa shape index (κ3) is 4.15. The van der Waals surface area contributed by atoms with E-state index in [4.69, 9.17) is 32.7 Å². The van der Waals surface area contributed by atoms with Gasteiger partial charge in [0.2, 0.25) is 5.28 Å². The number of nitrogens with zero attached hydrogens (tertiary/aromatic N) is 3. The Balaban J connectivity index is 2.00. The lowest BCUT2D eigenvalue weighted by atomic mass is 10.2. The van der Waals surface area contributed by atoms with Crippen LogP contribution < -0.4 is 15.7 Å². The number of carbonyl (C=O) groups excluding carboxylic acids is 1. The van der Waals surface area contributed by atoms with E-state index >= 15 is 0 Å². The highest BCUT2D eigenvalue weighted by molar-refractivity contribution is 6.33. The number of anilines is 2. The monoisotopic (exact) mass is 411 g/mol. The van der Waals surface area contributed by atoms with Gasteiger partial charge in [0, 0.05) is 18.8 Å². The highest BCUT2D eigenvalue weighted by Crippen LogP contribution is 2.31. The van der Waals surface area contributed by atoms with Gasteiger partial charge in [-0.1, -0.05) is 11.6 Å². The number of benzene rings is 1. The van der Waals surface area contributed by atoms with Gasteiger partial charge in [0.05, 0.1) is 18.3 Å². The summed E-state index contributed by atoms with van der Waals surface area (Å²) in [5, 5.41) is 3.27. The number of H-pyrrole nitrogens is 1. The van der Waals surface area contributed by atoms with Gasteiger partial charge >= 0.3 is 11.7 Å². The third-order valence-corrected chi connectivity index (χ3v) is 4.04. The van der Waals surface area contributed by atoms with Crippen molar-refractivity contribution < 1.29 is 14.3 Å².